The van der Waals surface area contributed by atoms with Crippen molar-refractivity contribution >= 4 is 41.5 Å². The third-order valence-electron chi connectivity index (χ3n) is 3.61. The SMILES string of the molecule is CCc1nncn1CCNC(=NC)NCC(=O)Nc1ccc(F)c(F)c1F.I. The van der Waals surface area contributed by atoms with Crippen LogP contribution in [0.25, 0.3) is 0 Å². The van der Waals surface area contributed by atoms with E-state index in [1.165, 1.54) is 7.05 Å². The van der Waals surface area contributed by atoms with Gasteiger partial charge in [0.05, 0.1) is 12.2 Å². The summed E-state index contributed by atoms with van der Waals surface area (Å²) in [6.45, 7) is 2.83. The molecule has 0 spiro atoms. The van der Waals surface area contributed by atoms with Gasteiger partial charge in [-0.25, -0.2) is 13.2 Å². The molecule has 0 atom stereocenters. The number of benzene rings is 1. The molecule has 1 heterocycles. The number of rotatable bonds is 7. The minimum absolute atomic E-state index is 0. The number of hydrogen-bond acceptors (Lipinski definition) is 4. The summed E-state index contributed by atoms with van der Waals surface area (Å²) in [5.41, 5.74) is -0.441. The Labute approximate surface area is 177 Å². The van der Waals surface area contributed by atoms with Crippen LogP contribution in [-0.2, 0) is 17.8 Å². The molecule has 28 heavy (non-hydrogen) atoms. The summed E-state index contributed by atoms with van der Waals surface area (Å²) in [5.74, 6) is -3.86. The Morgan fingerprint density at radius 1 is 1.21 bits per heavy atom. The lowest BCUT2D eigenvalue weighted by molar-refractivity contribution is -0.115. The zero-order chi connectivity index (χ0) is 19.8. The minimum Gasteiger partial charge on any atom is -0.355 e. The number of aryl methyl sites for hydroxylation is 1. The summed E-state index contributed by atoms with van der Waals surface area (Å²) in [4.78, 5) is 15.8. The number of guanidine groups is 1. The van der Waals surface area contributed by atoms with Crippen LogP contribution in [-0.4, -0.2) is 46.8 Å². The quantitative estimate of drug-likeness (QED) is 0.228. The predicted octanol–water partition coefficient (Wildman–Crippen LogP) is 1.68. The number of nitrogens with one attached hydrogen (secondary N) is 3. The Hall–Kier alpha value is -2.38. The standard InChI is InChI=1S/C16H20F3N7O.HI/c1-3-12-25-23-9-26(12)7-6-21-16(20-2)22-8-13(27)24-11-5-4-10(17)14(18)15(11)19;/h4-5,9H,3,6-8H2,1-2H3,(H,24,27)(H2,20,21,22);1H. The molecule has 0 fully saturated rings. The molecule has 154 valence electrons. The number of aliphatic imine (C=N–C) groups is 1. The van der Waals surface area contributed by atoms with Crippen molar-refractivity contribution in [1.82, 2.24) is 25.4 Å². The number of carbonyl (C=O) groups is 1. The van der Waals surface area contributed by atoms with Crippen LogP contribution in [0.1, 0.15) is 12.7 Å². The van der Waals surface area contributed by atoms with Gasteiger partial charge < -0.3 is 20.5 Å². The molecule has 0 aliphatic rings. The molecular formula is C16H21F3IN7O. The second kappa shape index (κ2) is 11.5. The second-order valence-corrected chi connectivity index (χ2v) is 5.42. The lowest BCUT2D eigenvalue weighted by Gasteiger charge is -2.13. The first-order valence-electron chi connectivity index (χ1n) is 8.20. The van der Waals surface area contributed by atoms with E-state index in [1.807, 2.05) is 11.5 Å². The highest BCUT2D eigenvalue weighted by molar-refractivity contribution is 14.0. The highest BCUT2D eigenvalue weighted by Crippen LogP contribution is 2.19. The summed E-state index contributed by atoms with van der Waals surface area (Å²) in [5, 5.41) is 15.7. The number of amides is 1. The maximum absolute atomic E-state index is 13.6. The minimum atomic E-state index is -1.64. The average molecular weight is 511 g/mol. The zero-order valence-electron chi connectivity index (χ0n) is 15.3. The van der Waals surface area contributed by atoms with E-state index in [1.54, 1.807) is 6.33 Å². The number of anilines is 1. The van der Waals surface area contributed by atoms with Gasteiger partial charge in [-0.15, -0.1) is 34.2 Å². The number of nitrogens with zero attached hydrogens (tertiary/aromatic N) is 4. The maximum atomic E-state index is 13.6. The molecular weight excluding hydrogens is 490 g/mol. The monoisotopic (exact) mass is 511 g/mol. The van der Waals surface area contributed by atoms with Crippen molar-refractivity contribution in [2.45, 2.75) is 19.9 Å². The Morgan fingerprint density at radius 2 is 1.96 bits per heavy atom. The van der Waals surface area contributed by atoms with Gasteiger partial charge in [0.2, 0.25) is 5.91 Å². The summed E-state index contributed by atoms with van der Waals surface area (Å²) in [6.07, 6.45) is 2.38. The smallest absolute Gasteiger partial charge is 0.243 e. The maximum Gasteiger partial charge on any atom is 0.243 e. The average Bonchev–Trinajstić information content (AvgIpc) is 3.12. The first-order chi connectivity index (χ1) is 13.0. The zero-order valence-corrected chi connectivity index (χ0v) is 17.6. The fourth-order valence-electron chi connectivity index (χ4n) is 2.24. The van der Waals surface area contributed by atoms with Crippen molar-refractivity contribution in [3.05, 3.63) is 41.7 Å². The lowest BCUT2D eigenvalue weighted by Crippen LogP contribution is -2.42. The van der Waals surface area contributed by atoms with Crippen LogP contribution in [0.3, 0.4) is 0 Å². The molecule has 0 saturated carbocycles. The largest absolute Gasteiger partial charge is 0.355 e. The van der Waals surface area contributed by atoms with Gasteiger partial charge in [-0.1, -0.05) is 6.92 Å². The Morgan fingerprint density at radius 3 is 2.64 bits per heavy atom. The van der Waals surface area contributed by atoms with Crippen LogP contribution >= 0.6 is 24.0 Å². The van der Waals surface area contributed by atoms with Gasteiger partial charge in [-0.2, -0.15) is 0 Å². The fraction of sp³-hybridized carbons (Fsp3) is 0.375. The van der Waals surface area contributed by atoms with Crippen LogP contribution in [0.2, 0.25) is 0 Å². The van der Waals surface area contributed by atoms with Crippen molar-refractivity contribution in [3.63, 3.8) is 0 Å². The van der Waals surface area contributed by atoms with Crippen molar-refractivity contribution in [2.75, 3.05) is 25.5 Å². The highest BCUT2D eigenvalue weighted by atomic mass is 127. The molecule has 0 saturated heterocycles. The third-order valence-corrected chi connectivity index (χ3v) is 3.61. The molecule has 12 heteroatoms. The van der Waals surface area contributed by atoms with Crippen molar-refractivity contribution in [3.8, 4) is 0 Å². The van der Waals surface area contributed by atoms with E-state index in [0.29, 0.717) is 19.0 Å². The van der Waals surface area contributed by atoms with Crippen LogP contribution in [0, 0.1) is 17.5 Å². The van der Waals surface area contributed by atoms with Crippen molar-refractivity contribution < 1.29 is 18.0 Å². The van der Waals surface area contributed by atoms with E-state index < -0.39 is 29.0 Å². The molecule has 8 nitrogen and oxygen atoms in total. The Bertz CT molecular complexity index is 829. The lowest BCUT2D eigenvalue weighted by atomic mass is 10.2. The predicted molar refractivity (Wildman–Crippen MR) is 109 cm³/mol. The topological polar surface area (TPSA) is 96.2 Å². The van der Waals surface area contributed by atoms with E-state index in [4.69, 9.17) is 0 Å². The van der Waals surface area contributed by atoms with Crippen molar-refractivity contribution in [2.24, 2.45) is 4.99 Å². The van der Waals surface area contributed by atoms with E-state index >= 15 is 0 Å². The van der Waals surface area contributed by atoms with Crippen LogP contribution in [0.15, 0.2) is 23.5 Å². The Balaban J connectivity index is 0.00000392. The van der Waals surface area contributed by atoms with Gasteiger partial charge in [0.1, 0.15) is 12.2 Å². The van der Waals surface area contributed by atoms with Gasteiger partial charge in [0, 0.05) is 26.6 Å². The number of hydrogen-bond donors (Lipinski definition) is 3. The fourth-order valence-corrected chi connectivity index (χ4v) is 2.24. The summed E-state index contributed by atoms with van der Waals surface area (Å²) < 4.78 is 41.5. The third kappa shape index (κ3) is 6.35. The number of carbonyl (C=O) groups excluding carboxylic acids is 1. The normalized spacial score (nSPS) is 11.0. The molecule has 0 bridgehead atoms. The van der Waals surface area contributed by atoms with Gasteiger partial charge in [-0.05, 0) is 12.1 Å². The first kappa shape index (κ1) is 23.7. The summed E-state index contributed by atoms with van der Waals surface area (Å²) >= 11 is 0. The summed E-state index contributed by atoms with van der Waals surface area (Å²) in [7, 11) is 1.53. The Kier molecular flexibility index (Phi) is 9.68. The molecule has 3 N–H and O–H groups in total. The van der Waals surface area contributed by atoms with E-state index in [2.05, 4.69) is 31.1 Å². The molecule has 1 aromatic heterocycles. The van der Waals surface area contributed by atoms with Gasteiger partial charge in [-0.3, -0.25) is 9.79 Å². The molecule has 1 aromatic carbocycles. The van der Waals surface area contributed by atoms with Crippen LogP contribution < -0.4 is 16.0 Å². The van der Waals surface area contributed by atoms with Crippen molar-refractivity contribution in [1.29, 1.82) is 0 Å². The van der Waals surface area contributed by atoms with Gasteiger partial charge >= 0.3 is 0 Å². The molecule has 0 unspecified atom stereocenters. The summed E-state index contributed by atoms with van der Waals surface area (Å²) in [6, 6.07) is 1.68. The molecule has 2 rings (SSSR count). The molecule has 0 aliphatic carbocycles. The second-order valence-electron chi connectivity index (χ2n) is 5.42. The van der Waals surface area contributed by atoms with E-state index in [-0.39, 0.29) is 30.5 Å². The number of halogens is 4. The highest BCUT2D eigenvalue weighted by Gasteiger charge is 2.15. The van der Waals surface area contributed by atoms with Gasteiger partial charge in [0.15, 0.2) is 23.4 Å². The van der Waals surface area contributed by atoms with Crippen LogP contribution in [0.4, 0.5) is 18.9 Å². The molecule has 2 aromatic rings. The molecule has 1 amide bonds. The molecule has 0 radical (unpaired) electrons. The van der Waals surface area contributed by atoms with Gasteiger partial charge in [0.25, 0.3) is 0 Å². The van der Waals surface area contributed by atoms with E-state index in [9.17, 15) is 18.0 Å². The first-order valence-corrected chi connectivity index (χ1v) is 8.20. The van der Waals surface area contributed by atoms with E-state index in [0.717, 1.165) is 24.4 Å². The molecule has 0 aliphatic heterocycles. The number of aromatic nitrogens is 3. The van der Waals surface area contributed by atoms with Crippen LogP contribution in [0.5, 0.6) is 0 Å².